The van der Waals surface area contributed by atoms with E-state index in [2.05, 4.69) is 31.0 Å². The number of fused-ring (bicyclic) bond motifs is 2. The Morgan fingerprint density at radius 1 is 1.32 bits per heavy atom. The highest BCUT2D eigenvalue weighted by Gasteiger charge is 2.20. The van der Waals surface area contributed by atoms with Crippen molar-refractivity contribution >= 4 is 16.9 Å². The molecule has 1 N–H and O–H groups in total. The highest BCUT2D eigenvalue weighted by Crippen LogP contribution is 2.26. The molecule has 0 radical (unpaired) electrons. The lowest BCUT2D eigenvalue weighted by molar-refractivity contribution is 0.590. The van der Waals surface area contributed by atoms with Crippen LogP contribution in [0.4, 0.5) is 5.82 Å². The van der Waals surface area contributed by atoms with Gasteiger partial charge in [0, 0.05) is 19.3 Å². The second-order valence-corrected chi connectivity index (χ2v) is 5.46. The number of aromatic amines is 1. The van der Waals surface area contributed by atoms with Crippen LogP contribution < -0.4 is 4.90 Å². The van der Waals surface area contributed by atoms with Gasteiger partial charge in [-0.05, 0) is 25.5 Å². The summed E-state index contributed by atoms with van der Waals surface area (Å²) in [6.07, 6.45) is 2.85. The van der Waals surface area contributed by atoms with Gasteiger partial charge in [-0.25, -0.2) is 9.97 Å². The van der Waals surface area contributed by atoms with Crippen LogP contribution in [0.2, 0.25) is 0 Å². The van der Waals surface area contributed by atoms with E-state index in [-0.39, 0.29) is 0 Å². The van der Waals surface area contributed by atoms with E-state index in [1.54, 1.807) is 0 Å². The predicted molar refractivity (Wildman–Crippen MR) is 81.2 cm³/mol. The number of anilines is 1. The zero-order valence-corrected chi connectivity index (χ0v) is 12.2. The van der Waals surface area contributed by atoms with Crippen LogP contribution in [0, 0.1) is 18.3 Å². The largest absolute Gasteiger partial charge is 0.357 e. The Hall–Kier alpha value is -2.88. The van der Waals surface area contributed by atoms with Crippen LogP contribution in [0.15, 0.2) is 18.3 Å². The number of aromatic nitrogens is 5. The molecule has 110 valence electrons. The Morgan fingerprint density at radius 3 is 3.09 bits per heavy atom. The molecule has 0 bridgehead atoms. The molecule has 0 unspecified atom stereocenters. The maximum atomic E-state index is 9.02. The lowest BCUT2D eigenvalue weighted by Gasteiger charge is -2.21. The zero-order valence-electron chi connectivity index (χ0n) is 12.2. The fourth-order valence-electron chi connectivity index (χ4n) is 2.97. The molecule has 0 saturated heterocycles. The first kappa shape index (κ1) is 12.8. The van der Waals surface area contributed by atoms with Crippen LogP contribution in [0.1, 0.15) is 23.6 Å². The van der Waals surface area contributed by atoms with E-state index in [4.69, 9.17) is 5.26 Å². The van der Waals surface area contributed by atoms with E-state index in [0.29, 0.717) is 12.2 Å². The van der Waals surface area contributed by atoms with Crippen LogP contribution in [-0.2, 0) is 13.1 Å². The summed E-state index contributed by atoms with van der Waals surface area (Å²) in [5, 5.41) is 13.3. The Kier molecular flexibility index (Phi) is 2.82. The lowest BCUT2D eigenvalue weighted by atomic mass is 10.3. The Morgan fingerprint density at radius 2 is 2.23 bits per heavy atom. The van der Waals surface area contributed by atoms with Gasteiger partial charge in [0.15, 0.2) is 11.5 Å². The standard InChI is InChI=1S/C15H15N7/c1-10-18-13-3-4-17-14(13)15(19-10)21-5-2-6-22-12(9-21)7-11(8-16)20-22/h3-4,7,17H,2,5-6,9H2,1H3. The normalized spacial score (nSPS) is 14.6. The molecule has 7 heteroatoms. The minimum absolute atomic E-state index is 0.473. The number of hydrogen-bond donors (Lipinski definition) is 1. The van der Waals surface area contributed by atoms with Crippen molar-refractivity contribution in [1.82, 2.24) is 24.7 Å². The first-order valence-electron chi connectivity index (χ1n) is 7.28. The molecule has 0 fully saturated rings. The number of aryl methyl sites for hydroxylation is 2. The molecule has 0 aromatic carbocycles. The molecule has 7 nitrogen and oxygen atoms in total. The molecule has 0 spiro atoms. The third kappa shape index (κ3) is 2.00. The monoisotopic (exact) mass is 293 g/mol. The molecule has 22 heavy (non-hydrogen) atoms. The highest BCUT2D eigenvalue weighted by molar-refractivity contribution is 5.86. The highest BCUT2D eigenvalue weighted by atomic mass is 15.3. The molecular formula is C15H15N7. The van der Waals surface area contributed by atoms with Crippen LogP contribution in [-0.4, -0.2) is 31.3 Å². The zero-order chi connectivity index (χ0) is 15.1. The van der Waals surface area contributed by atoms with Gasteiger partial charge in [0.05, 0.1) is 17.8 Å². The summed E-state index contributed by atoms with van der Waals surface area (Å²) >= 11 is 0. The van der Waals surface area contributed by atoms with Gasteiger partial charge in [-0.3, -0.25) is 4.68 Å². The van der Waals surface area contributed by atoms with Crippen LogP contribution in [0.5, 0.6) is 0 Å². The number of nitrogens with zero attached hydrogens (tertiary/aromatic N) is 6. The molecule has 0 atom stereocenters. The minimum Gasteiger partial charge on any atom is -0.357 e. The molecule has 1 aliphatic heterocycles. The Balaban J connectivity index is 1.78. The lowest BCUT2D eigenvalue weighted by Crippen LogP contribution is -2.24. The van der Waals surface area contributed by atoms with Crippen LogP contribution in [0.3, 0.4) is 0 Å². The van der Waals surface area contributed by atoms with E-state index >= 15 is 0 Å². The molecule has 3 aromatic heterocycles. The summed E-state index contributed by atoms with van der Waals surface area (Å²) in [5.41, 5.74) is 3.41. The van der Waals surface area contributed by atoms with Gasteiger partial charge in [0.1, 0.15) is 17.4 Å². The van der Waals surface area contributed by atoms with Crippen molar-refractivity contribution in [2.75, 3.05) is 11.4 Å². The summed E-state index contributed by atoms with van der Waals surface area (Å²) < 4.78 is 1.93. The van der Waals surface area contributed by atoms with Gasteiger partial charge < -0.3 is 9.88 Å². The van der Waals surface area contributed by atoms with Gasteiger partial charge in [0.25, 0.3) is 0 Å². The third-order valence-electron chi connectivity index (χ3n) is 3.93. The average Bonchev–Trinajstić information content (AvgIpc) is 3.08. The molecule has 0 aliphatic carbocycles. The van der Waals surface area contributed by atoms with Crippen molar-refractivity contribution in [3.63, 3.8) is 0 Å². The van der Waals surface area contributed by atoms with E-state index in [1.807, 2.05) is 29.9 Å². The van der Waals surface area contributed by atoms with Crippen molar-refractivity contribution < 1.29 is 0 Å². The number of hydrogen-bond acceptors (Lipinski definition) is 5. The summed E-state index contributed by atoms with van der Waals surface area (Å²) in [6.45, 7) is 4.33. The predicted octanol–water partition coefficient (Wildman–Crippen LogP) is 1.74. The van der Waals surface area contributed by atoms with Gasteiger partial charge in [-0.15, -0.1) is 0 Å². The molecule has 3 aromatic rings. The van der Waals surface area contributed by atoms with E-state index in [0.717, 1.165) is 47.9 Å². The minimum atomic E-state index is 0.473. The van der Waals surface area contributed by atoms with Crippen LogP contribution >= 0.6 is 0 Å². The molecule has 4 heterocycles. The number of rotatable bonds is 1. The smallest absolute Gasteiger partial charge is 0.162 e. The fraction of sp³-hybridized carbons (Fsp3) is 0.333. The second kappa shape index (κ2) is 4.84. The maximum Gasteiger partial charge on any atom is 0.162 e. The first-order valence-corrected chi connectivity index (χ1v) is 7.28. The number of nitrogens with one attached hydrogen (secondary N) is 1. The quantitative estimate of drug-likeness (QED) is 0.738. The van der Waals surface area contributed by atoms with Crippen molar-refractivity contribution in [3.8, 4) is 6.07 Å². The third-order valence-corrected chi connectivity index (χ3v) is 3.93. The van der Waals surface area contributed by atoms with Crippen molar-refractivity contribution in [1.29, 1.82) is 5.26 Å². The van der Waals surface area contributed by atoms with Gasteiger partial charge in [-0.2, -0.15) is 10.4 Å². The molecular weight excluding hydrogens is 278 g/mol. The molecule has 4 rings (SSSR count). The topological polar surface area (TPSA) is 86.4 Å². The van der Waals surface area contributed by atoms with E-state index in [9.17, 15) is 0 Å². The summed E-state index contributed by atoms with van der Waals surface area (Å²) in [5.74, 6) is 1.68. The first-order chi connectivity index (χ1) is 10.7. The van der Waals surface area contributed by atoms with E-state index in [1.165, 1.54) is 0 Å². The van der Waals surface area contributed by atoms with Crippen molar-refractivity contribution in [2.45, 2.75) is 26.4 Å². The molecule has 0 saturated carbocycles. The summed E-state index contributed by atoms with van der Waals surface area (Å²) in [7, 11) is 0. The van der Waals surface area contributed by atoms with Gasteiger partial charge in [0.2, 0.25) is 0 Å². The Bertz CT molecular complexity index is 883. The number of nitriles is 1. The van der Waals surface area contributed by atoms with Crippen molar-refractivity contribution in [3.05, 3.63) is 35.5 Å². The maximum absolute atomic E-state index is 9.02. The Labute approximate surface area is 127 Å². The fourth-order valence-corrected chi connectivity index (χ4v) is 2.97. The molecule has 0 amide bonds. The summed E-state index contributed by atoms with van der Waals surface area (Å²) in [4.78, 5) is 14.5. The van der Waals surface area contributed by atoms with Crippen LogP contribution in [0.25, 0.3) is 11.0 Å². The van der Waals surface area contributed by atoms with Gasteiger partial charge in [-0.1, -0.05) is 0 Å². The SMILES string of the molecule is Cc1nc(N2CCCn3nc(C#N)cc3C2)c2[nH]ccc2n1. The number of H-pyrrole nitrogens is 1. The second-order valence-electron chi connectivity index (χ2n) is 5.46. The summed E-state index contributed by atoms with van der Waals surface area (Å²) in [6, 6.07) is 5.93. The van der Waals surface area contributed by atoms with Gasteiger partial charge >= 0.3 is 0 Å². The van der Waals surface area contributed by atoms with E-state index < -0.39 is 0 Å². The average molecular weight is 293 g/mol. The molecule has 1 aliphatic rings. The van der Waals surface area contributed by atoms with Crippen molar-refractivity contribution in [2.24, 2.45) is 0 Å².